The summed E-state index contributed by atoms with van der Waals surface area (Å²) in [7, 11) is 0. The number of fused-ring (bicyclic) bond motifs is 3. The number of allylic oxidation sites excluding steroid dienone is 6. The first kappa shape index (κ1) is 24.7. The van der Waals surface area contributed by atoms with Gasteiger partial charge in [-0.2, -0.15) is 0 Å². The molecule has 2 amide bonds. The number of imide groups is 1. The minimum Gasteiger partial charge on any atom is -0.491 e. The number of amides is 2. The van der Waals surface area contributed by atoms with E-state index in [4.69, 9.17) is 9.84 Å². The van der Waals surface area contributed by atoms with E-state index < -0.39 is 17.8 Å². The quantitative estimate of drug-likeness (QED) is 0.329. The van der Waals surface area contributed by atoms with E-state index in [1.54, 1.807) is 36.4 Å². The predicted molar refractivity (Wildman–Crippen MR) is 143 cm³/mol. The van der Waals surface area contributed by atoms with Crippen LogP contribution in [0.1, 0.15) is 24.3 Å². The number of halogens is 1. The minimum atomic E-state index is -0.612. The molecule has 0 unspecified atom stereocenters. The summed E-state index contributed by atoms with van der Waals surface area (Å²) in [5.41, 5.74) is 3.07. The highest BCUT2D eigenvalue weighted by atomic mass is 79.9. The number of nitrogens with zero attached hydrogens (tertiary/aromatic N) is 1. The molecule has 3 aliphatic carbocycles. The number of para-hydroxylation sites is 1. The molecule has 1 N–H and O–H groups in total. The third-order valence-electron chi connectivity index (χ3n) is 7.92. The maximum absolute atomic E-state index is 13.8. The van der Waals surface area contributed by atoms with Crippen LogP contribution in [0.4, 0.5) is 5.69 Å². The van der Waals surface area contributed by atoms with Crippen molar-refractivity contribution in [2.45, 2.75) is 18.8 Å². The highest BCUT2D eigenvalue weighted by Crippen LogP contribution is 2.55. The Kier molecular flexibility index (Phi) is 6.24. The molecule has 0 spiro atoms. The van der Waals surface area contributed by atoms with Crippen LogP contribution in [0, 0.1) is 17.8 Å². The maximum Gasteiger partial charge on any atom is 0.238 e. The predicted octanol–water partition coefficient (Wildman–Crippen LogP) is 4.02. The van der Waals surface area contributed by atoms with Gasteiger partial charge in [0.25, 0.3) is 0 Å². The van der Waals surface area contributed by atoms with Gasteiger partial charge >= 0.3 is 0 Å². The molecule has 0 bridgehead atoms. The van der Waals surface area contributed by atoms with Crippen LogP contribution >= 0.6 is 15.9 Å². The number of benzene rings is 2. The molecule has 0 radical (unpaired) electrons. The number of aliphatic hydroxyl groups is 1. The lowest BCUT2D eigenvalue weighted by molar-refractivity contribution is -0.123. The van der Waals surface area contributed by atoms with Crippen molar-refractivity contribution < 1.29 is 29.0 Å². The zero-order valence-corrected chi connectivity index (χ0v) is 21.9. The van der Waals surface area contributed by atoms with Gasteiger partial charge in [-0.25, -0.2) is 0 Å². The Morgan fingerprint density at radius 1 is 0.947 bits per heavy atom. The molecular formula is C30H24BrNO6. The van der Waals surface area contributed by atoms with Crippen molar-refractivity contribution in [2.75, 3.05) is 18.1 Å². The number of ether oxygens (including phenoxy) is 1. The summed E-state index contributed by atoms with van der Waals surface area (Å²) in [5.74, 6) is -2.44. The number of ketones is 2. The maximum atomic E-state index is 13.8. The Morgan fingerprint density at radius 3 is 2.39 bits per heavy atom. The van der Waals surface area contributed by atoms with Crippen LogP contribution in [-0.2, 0) is 19.2 Å². The van der Waals surface area contributed by atoms with Crippen molar-refractivity contribution >= 4 is 45.0 Å². The minimum absolute atomic E-state index is 0.109. The number of Topliss-reactive ketones (excluding diaryl/α,β-unsaturated/α-hetero) is 1. The summed E-state index contributed by atoms with van der Waals surface area (Å²) in [6.45, 7) is 0.0521. The molecule has 1 aliphatic heterocycles. The molecule has 192 valence electrons. The zero-order valence-electron chi connectivity index (χ0n) is 20.3. The van der Waals surface area contributed by atoms with Gasteiger partial charge in [0, 0.05) is 23.1 Å². The molecule has 1 saturated heterocycles. The van der Waals surface area contributed by atoms with Gasteiger partial charge in [0.05, 0.1) is 28.6 Å². The fourth-order valence-electron chi connectivity index (χ4n) is 6.34. The van der Waals surface area contributed by atoms with E-state index in [1.165, 1.54) is 11.0 Å². The highest BCUT2D eigenvalue weighted by molar-refractivity contribution is 9.12. The van der Waals surface area contributed by atoms with E-state index >= 15 is 0 Å². The summed E-state index contributed by atoms with van der Waals surface area (Å²) < 4.78 is 5.70. The van der Waals surface area contributed by atoms with Crippen LogP contribution < -0.4 is 9.64 Å². The molecule has 0 aromatic heterocycles. The topological polar surface area (TPSA) is 101 Å². The molecule has 4 atom stereocenters. The van der Waals surface area contributed by atoms with E-state index in [1.807, 2.05) is 24.3 Å². The van der Waals surface area contributed by atoms with Gasteiger partial charge in [-0.3, -0.25) is 24.1 Å². The van der Waals surface area contributed by atoms with Crippen molar-refractivity contribution in [2.24, 2.45) is 17.8 Å². The molecule has 2 aromatic rings. The van der Waals surface area contributed by atoms with E-state index in [-0.39, 0.29) is 53.4 Å². The third kappa shape index (κ3) is 3.82. The monoisotopic (exact) mass is 573 g/mol. The first-order valence-electron chi connectivity index (χ1n) is 12.6. The Hall–Kier alpha value is -3.62. The fraction of sp³-hybridized carbons (Fsp3) is 0.267. The van der Waals surface area contributed by atoms with Gasteiger partial charge in [-0.15, -0.1) is 0 Å². The highest BCUT2D eigenvalue weighted by Gasteiger charge is 2.56. The van der Waals surface area contributed by atoms with Crippen LogP contribution in [0.3, 0.4) is 0 Å². The molecule has 6 rings (SSSR count). The van der Waals surface area contributed by atoms with Crippen molar-refractivity contribution in [3.63, 3.8) is 0 Å². The van der Waals surface area contributed by atoms with Crippen molar-refractivity contribution in [1.29, 1.82) is 0 Å². The average Bonchev–Trinajstić information content (AvgIpc) is 3.19. The van der Waals surface area contributed by atoms with Crippen LogP contribution in [0.2, 0.25) is 0 Å². The summed E-state index contributed by atoms with van der Waals surface area (Å²) in [6.07, 6.45) is 3.94. The third-order valence-corrected chi connectivity index (χ3v) is 8.51. The number of hydrogen-bond donors (Lipinski definition) is 1. The van der Waals surface area contributed by atoms with E-state index in [9.17, 15) is 19.2 Å². The number of aliphatic hydroxyl groups excluding tert-OH is 1. The number of hydrogen-bond acceptors (Lipinski definition) is 6. The second-order valence-electron chi connectivity index (χ2n) is 9.88. The standard InChI is InChI=1S/C30H24BrNO6/c31-23-15-24(34)27-22(28(23)35)14-21-19(25(27)16-6-8-18(9-7-16)38-13-12-33)10-11-20-26(21)30(37)32(29(20)36)17-4-2-1-3-5-17/h1-10,15,20-21,25-26,33H,11-14H2/t20-,21+,25-,26-/m0/s1. The molecule has 8 heteroatoms. The van der Waals surface area contributed by atoms with Gasteiger partial charge in [0.1, 0.15) is 12.4 Å². The second-order valence-corrected chi connectivity index (χ2v) is 10.7. The SMILES string of the molecule is O=C1C=C(Br)C(=O)C2=C1[C@@H](c1ccc(OCCO)cc1)C1=CC[C@@H]3C(=O)N(c4ccccc4)C(=O)[C@@H]3[C@@H]1C2. The Labute approximate surface area is 227 Å². The lowest BCUT2D eigenvalue weighted by Crippen LogP contribution is -2.39. The smallest absolute Gasteiger partial charge is 0.238 e. The second kappa shape index (κ2) is 9.60. The van der Waals surface area contributed by atoms with Gasteiger partial charge in [0.15, 0.2) is 11.6 Å². The lowest BCUT2D eigenvalue weighted by atomic mass is 9.59. The number of anilines is 1. The van der Waals surface area contributed by atoms with Crippen LogP contribution in [0.5, 0.6) is 5.75 Å². The lowest BCUT2D eigenvalue weighted by Gasteiger charge is -2.42. The molecule has 4 aliphatic rings. The zero-order chi connectivity index (χ0) is 26.6. The van der Waals surface area contributed by atoms with Crippen LogP contribution in [-0.4, -0.2) is 41.7 Å². The molecule has 38 heavy (non-hydrogen) atoms. The van der Waals surface area contributed by atoms with Crippen molar-refractivity contribution in [1.82, 2.24) is 0 Å². The first-order valence-corrected chi connectivity index (χ1v) is 13.4. The Morgan fingerprint density at radius 2 is 1.68 bits per heavy atom. The van der Waals surface area contributed by atoms with E-state index in [0.717, 1.165) is 11.1 Å². The molecule has 1 heterocycles. The van der Waals surface area contributed by atoms with Crippen LogP contribution in [0.25, 0.3) is 0 Å². The van der Waals surface area contributed by atoms with Crippen LogP contribution in [0.15, 0.2) is 88.0 Å². The van der Waals surface area contributed by atoms with Gasteiger partial charge in [-0.05, 0) is 64.5 Å². The van der Waals surface area contributed by atoms with E-state index in [2.05, 4.69) is 15.9 Å². The number of carbonyl (C=O) groups excluding carboxylic acids is 4. The molecular weight excluding hydrogens is 550 g/mol. The van der Waals surface area contributed by atoms with Crippen molar-refractivity contribution in [3.8, 4) is 5.75 Å². The van der Waals surface area contributed by atoms with Crippen molar-refractivity contribution in [3.05, 3.63) is 93.5 Å². The average molecular weight is 574 g/mol. The summed E-state index contributed by atoms with van der Waals surface area (Å²) >= 11 is 3.25. The van der Waals surface area contributed by atoms with Gasteiger partial charge in [0.2, 0.25) is 11.8 Å². The fourth-order valence-corrected chi connectivity index (χ4v) is 6.78. The number of rotatable bonds is 5. The molecule has 2 aromatic carbocycles. The van der Waals surface area contributed by atoms with E-state index in [0.29, 0.717) is 29.0 Å². The summed E-state index contributed by atoms with van der Waals surface area (Å²) in [4.78, 5) is 55.2. The molecule has 1 fully saturated rings. The summed E-state index contributed by atoms with van der Waals surface area (Å²) in [5, 5.41) is 9.05. The largest absolute Gasteiger partial charge is 0.491 e. The molecule has 7 nitrogen and oxygen atoms in total. The summed E-state index contributed by atoms with van der Waals surface area (Å²) in [6, 6.07) is 16.1. The number of carbonyl (C=O) groups is 4. The molecule has 0 saturated carbocycles. The Bertz CT molecular complexity index is 1460. The normalized spacial score (nSPS) is 26.5. The first-order chi connectivity index (χ1) is 18.4. The van der Waals surface area contributed by atoms with Gasteiger partial charge < -0.3 is 9.84 Å². The van der Waals surface area contributed by atoms with Gasteiger partial charge in [-0.1, -0.05) is 42.0 Å². The Balaban J connectivity index is 1.44.